The zero-order valence-electron chi connectivity index (χ0n) is 10.6. The minimum Gasteiger partial charge on any atom is -0.399 e. The number of rotatable bonds is 5. The van der Waals surface area contributed by atoms with Crippen molar-refractivity contribution in [2.24, 2.45) is 0 Å². The summed E-state index contributed by atoms with van der Waals surface area (Å²) in [5.74, 6) is -0.0935. The molecule has 0 radical (unpaired) electrons. The summed E-state index contributed by atoms with van der Waals surface area (Å²) in [5, 5.41) is 2.83. The Labute approximate surface area is 112 Å². The molecule has 0 spiro atoms. The van der Waals surface area contributed by atoms with Crippen molar-refractivity contribution in [1.29, 1.82) is 0 Å². The van der Waals surface area contributed by atoms with Crippen molar-refractivity contribution in [2.75, 3.05) is 12.3 Å². The zero-order valence-corrected chi connectivity index (χ0v) is 10.6. The second-order valence-electron chi connectivity index (χ2n) is 4.21. The van der Waals surface area contributed by atoms with Gasteiger partial charge in [0.15, 0.2) is 0 Å². The molecule has 3 N–H and O–H groups in total. The fraction of sp³-hybridized carbons (Fsp3) is 0.133. The monoisotopic (exact) mass is 255 g/mol. The lowest BCUT2D eigenvalue weighted by molar-refractivity contribution is -0.116. The second kappa shape index (κ2) is 6.44. The van der Waals surface area contributed by atoms with Gasteiger partial charge in [0, 0.05) is 37.2 Å². The highest BCUT2D eigenvalue weighted by molar-refractivity contribution is 5.91. The van der Waals surface area contributed by atoms with Crippen LogP contribution < -0.4 is 11.1 Å². The molecular formula is C15H17N3O. The molecule has 4 heteroatoms. The summed E-state index contributed by atoms with van der Waals surface area (Å²) in [4.78, 5) is 11.6. The van der Waals surface area contributed by atoms with Gasteiger partial charge in [-0.3, -0.25) is 4.79 Å². The van der Waals surface area contributed by atoms with E-state index in [0.717, 1.165) is 12.1 Å². The molecule has 0 saturated carbocycles. The lowest BCUT2D eigenvalue weighted by Crippen LogP contribution is -2.24. The van der Waals surface area contributed by atoms with E-state index in [0.29, 0.717) is 12.2 Å². The average molecular weight is 255 g/mol. The summed E-state index contributed by atoms with van der Waals surface area (Å²) in [5.41, 5.74) is 7.26. The Morgan fingerprint density at radius 3 is 2.58 bits per heavy atom. The van der Waals surface area contributed by atoms with Crippen LogP contribution in [0, 0.1) is 0 Å². The van der Waals surface area contributed by atoms with Gasteiger partial charge >= 0.3 is 0 Å². The number of hydrogen-bond donors (Lipinski definition) is 2. The number of aromatic nitrogens is 1. The molecule has 19 heavy (non-hydrogen) atoms. The maximum absolute atomic E-state index is 11.6. The lowest BCUT2D eigenvalue weighted by Gasteiger charge is -2.03. The predicted molar refractivity (Wildman–Crippen MR) is 77.3 cm³/mol. The number of amides is 1. The van der Waals surface area contributed by atoms with Gasteiger partial charge in [0.05, 0.1) is 0 Å². The van der Waals surface area contributed by atoms with E-state index in [1.165, 1.54) is 6.08 Å². The molecule has 0 unspecified atom stereocenters. The Hall–Kier alpha value is -2.49. The van der Waals surface area contributed by atoms with E-state index >= 15 is 0 Å². The Balaban J connectivity index is 1.76. The Bertz CT molecular complexity index is 541. The van der Waals surface area contributed by atoms with Crippen LogP contribution in [0.3, 0.4) is 0 Å². The molecule has 1 aromatic carbocycles. The van der Waals surface area contributed by atoms with E-state index < -0.39 is 0 Å². The molecular weight excluding hydrogens is 238 g/mol. The SMILES string of the molecule is Nc1ccc(/C=C/C(=O)NCCn2cccc2)cc1. The molecule has 1 amide bonds. The number of carbonyl (C=O) groups excluding carboxylic acids is 1. The van der Waals surface area contributed by atoms with E-state index in [2.05, 4.69) is 5.32 Å². The molecule has 1 aromatic heterocycles. The normalized spacial score (nSPS) is 10.7. The number of nitrogens with zero attached hydrogens (tertiary/aromatic N) is 1. The maximum atomic E-state index is 11.6. The third-order valence-corrected chi connectivity index (χ3v) is 2.70. The number of hydrogen-bond acceptors (Lipinski definition) is 2. The van der Waals surface area contributed by atoms with Crippen LogP contribution in [0.5, 0.6) is 0 Å². The molecule has 2 rings (SSSR count). The van der Waals surface area contributed by atoms with Crippen LogP contribution in [-0.2, 0) is 11.3 Å². The Morgan fingerprint density at radius 1 is 1.21 bits per heavy atom. The first-order chi connectivity index (χ1) is 9.24. The molecule has 0 fully saturated rings. The van der Waals surface area contributed by atoms with Gasteiger partial charge in [-0.1, -0.05) is 12.1 Å². The molecule has 2 aromatic rings. The van der Waals surface area contributed by atoms with Gasteiger partial charge in [-0.15, -0.1) is 0 Å². The quantitative estimate of drug-likeness (QED) is 0.633. The molecule has 0 atom stereocenters. The van der Waals surface area contributed by atoms with Gasteiger partial charge in [0.2, 0.25) is 5.91 Å². The molecule has 0 aliphatic carbocycles. The van der Waals surface area contributed by atoms with Crippen LogP contribution in [0.4, 0.5) is 5.69 Å². The molecule has 4 nitrogen and oxygen atoms in total. The Kier molecular flexibility index (Phi) is 4.39. The van der Waals surface area contributed by atoms with Crippen molar-refractivity contribution in [2.45, 2.75) is 6.54 Å². The number of benzene rings is 1. The summed E-state index contributed by atoms with van der Waals surface area (Å²) in [7, 11) is 0. The number of nitrogens with one attached hydrogen (secondary N) is 1. The standard InChI is InChI=1S/C15H17N3O/c16-14-6-3-13(4-7-14)5-8-15(19)17-9-12-18-10-1-2-11-18/h1-8,10-11H,9,12,16H2,(H,17,19)/b8-5+. The molecule has 0 bridgehead atoms. The summed E-state index contributed by atoms with van der Waals surface area (Å²) in [6, 6.07) is 11.3. The van der Waals surface area contributed by atoms with Crippen molar-refractivity contribution >= 4 is 17.7 Å². The van der Waals surface area contributed by atoms with Crippen LogP contribution in [0.1, 0.15) is 5.56 Å². The van der Waals surface area contributed by atoms with E-state index in [-0.39, 0.29) is 5.91 Å². The minimum atomic E-state index is -0.0935. The summed E-state index contributed by atoms with van der Waals surface area (Å²) < 4.78 is 2.02. The largest absolute Gasteiger partial charge is 0.399 e. The first kappa shape index (κ1) is 13.0. The van der Waals surface area contributed by atoms with Crippen LogP contribution >= 0.6 is 0 Å². The highest BCUT2D eigenvalue weighted by Gasteiger charge is 1.95. The highest BCUT2D eigenvalue weighted by Crippen LogP contribution is 2.06. The summed E-state index contributed by atoms with van der Waals surface area (Å²) in [6.07, 6.45) is 7.23. The number of carbonyl (C=O) groups is 1. The zero-order chi connectivity index (χ0) is 13.5. The highest BCUT2D eigenvalue weighted by atomic mass is 16.1. The number of anilines is 1. The van der Waals surface area contributed by atoms with Crippen molar-refractivity contribution in [3.63, 3.8) is 0 Å². The first-order valence-corrected chi connectivity index (χ1v) is 6.16. The Morgan fingerprint density at radius 2 is 1.89 bits per heavy atom. The van der Waals surface area contributed by atoms with Gasteiger partial charge in [0.1, 0.15) is 0 Å². The van der Waals surface area contributed by atoms with Crippen LogP contribution in [0.2, 0.25) is 0 Å². The lowest BCUT2D eigenvalue weighted by atomic mass is 10.2. The van der Waals surface area contributed by atoms with Gasteiger partial charge < -0.3 is 15.6 Å². The van der Waals surface area contributed by atoms with Crippen LogP contribution in [0.15, 0.2) is 54.9 Å². The van der Waals surface area contributed by atoms with E-state index in [1.807, 2.05) is 53.4 Å². The van der Waals surface area contributed by atoms with Gasteiger partial charge in [-0.05, 0) is 35.9 Å². The minimum absolute atomic E-state index is 0.0935. The van der Waals surface area contributed by atoms with E-state index in [9.17, 15) is 4.79 Å². The van der Waals surface area contributed by atoms with Crippen molar-refractivity contribution in [3.05, 3.63) is 60.4 Å². The smallest absolute Gasteiger partial charge is 0.244 e. The molecule has 0 aliphatic heterocycles. The number of nitrogens with two attached hydrogens (primary N) is 1. The van der Waals surface area contributed by atoms with Gasteiger partial charge in [0.25, 0.3) is 0 Å². The van der Waals surface area contributed by atoms with Crippen LogP contribution in [-0.4, -0.2) is 17.0 Å². The first-order valence-electron chi connectivity index (χ1n) is 6.16. The molecule has 0 aliphatic rings. The van der Waals surface area contributed by atoms with Crippen molar-refractivity contribution < 1.29 is 4.79 Å². The summed E-state index contributed by atoms with van der Waals surface area (Å²) >= 11 is 0. The average Bonchev–Trinajstić information content (AvgIpc) is 2.91. The van der Waals surface area contributed by atoms with Crippen molar-refractivity contribution in [3.8, 4) is 0 Å². The van der Waals surface area contributed by atoms with E-state index in [1.54, 1.807) is 6.08 Å². The fourth-order valence-electron chi connectivity index (χ4n) is 1.67. The van der Waals surface area contributed by atoms with E-state index in [4.69, 9.17) is 5.73 Å². The third-order valence-electron chi connectivity index (χ3n) is 2.70. The molecule has 98 valence electrons. The topological polar surface area (TPSA) is 60.1 Å². The third kappa shape index (κ3) is 4.35. The predicted octanol–water partition coefficient (Wildman–Crippen LogP) is 1.90. The maximum Gasteiger partial charge on any atom is 0.244 e. The fourth-order valence-corrected chi connectivity index (χ4v) is 1.67. The second-order valence-corrected chi connectivity index (χ2v) is 4.21. The molecule has 1 heterocycles. The van der Waals surface area contributed by atoms with Crippen molar-refractivity contribution in [1.82, 2.24) is 9.88 Å². The number of nitrogen functional groups attached to an aromatic ring is 1. The summed E-state index contributed by atoms with van der Waals surface area (Å²) in [6.45, 7) is 1.38. The van der Waals surface area contributed by atoms with Gasteiger partial charge in [-0.2, -0.15) is 0 Å². The molecule has 0 saturated heterocycles. The van der Waals surface area contributed by atoms with Gasteiger partial charge in [-0.25, -0.2) is 0 Å². The van der Waals surface area contributed by atoms with Crippen LogP contribution in [0.25, 0.3) is 6.08 Å².